The van der Waals surface area contributed by atoms with Crippen LogP contribution in [0.2, 0.25) is 0 Å². The molecule has 82 valence electrons. The molecule has 1 aliphatic carbocycles. The van der Waals surface area contributed by atoms with E-state index in [1.54, 1.807) is 0 Å². The average molecular weight is 204 g/mol. The molecule has 1 aromatic rings. The second-order valence-corrected chi connectivity index (χ2v) is 4.73. The first kappa shape index (κ1) is 10.5. The minimum absolute atomic E-state index is 0.619. The van der Waals surface area contributed by atoms with Crippen molar-refractivity contribution in [1.82, 2.24) is 4.98 Å². The zero-order valence-corrected chi connectivity index (χ0v) is 9.66. The third-order valence-corrected chi connectivity index (χ3v) is 3.36. The highest BCUT2D eigenvalue weighted by Gasteiger charge is 2.20. The van der Waals surface area contributed by atoms with Gasteiger partial charge in [0.05, 0.1) is 0 Å². The summed E-state index contributed by atoms with van der Waals surface area (Å²) < 4.78 is 0. The molecule has 0 spiro atoms. The van der Waals surface area contributed by atoms with Gasteiger partial charge in [-0.05, 0) is 43.4 Å². The molecule has 0 aliphatic heterocycles. The minimum atomic E-state index is 0.619. The summed E-state index contributed by atoms with van der Waals surface area (Å²) in [6.07, 6.45) is 7.26. The largest absolute Gasteiger partial charge is 0.367 e. The Balaban J connectivity index is 2.01. The number of rotatable bonds is 2. The summed E-state index contributed by atoms with van der Waals surface area (Å²) in [7, 11) is 0. The zero-order valence-electron chi connectivity index (χ0n) is 9.66. The van der Waals surface area contributed by atoms with Gasteiger partial charge in [0.15, 0.2) is 0 Å². The van der Waals surface area contributed by atoms with Crippen LogP contribution >= 0.6 is 0 Å². The van der Waals surface area contributed by atoms with E-state index >= 15 is 0 Å². The van der Waals surface area contributed by atoms with E-state index in [1.165, 1.54) is 31.2 Å². The van der Waals surface area contributed by atoms with Crippen molar-refractivity contribution in [1.29, 1.82) is 0 Å². The fourth-order valence-corrected chi connectivity index (χ4v) is 2.34. The van der Waals surface area contributed by atoms with Gasteiger partial charge in [-0.15, -0.1) is 0 Å². The molecule has 1 N–H and O–H groups in total. The van der Waals surface area contributed by atoms with Gasteiger partial charge in [-0.2, -0.15) is 0 Å². The molecule has 2 nitrogen and oxygen atoms in total. The summed E-state index contributed by atoms with van der Waals surface area (Å²) in [5, 5.41) is 3.56. The molecule has 1 heterocycles. The molecule has 15 heavy (non-hydrogen) atoms. The van der Waals surface area contributed by atoms with E-state index < -0.39 is 0 Å². The third-order valence-electron chi connectivity index (χ3n) is 3.36. The lowest BCUT2D eigenvalue weighted by Gasteiger charge is -2.29. The van der Waals surface area contributed by atoms with E-state index in [9.17, 15) is 0 Å². The highest BCUT2D eigenvalue weighted by atomic mass is 15.0. The van der Waals surface area contributed by atoms with Gasteiger partial charge in [-0.1, -0.05) is 19.8 Å². The van der Waals surface area contributed by atoms with Crippen LogP contribution in [0.25, 0.3) is 0 Å². The Morgan fingerprint density at radius 2 is 2.13 bits per heavy atom. The molecule has 1 saturated carbocycles. The second kappa shape index (κ2) is 4.65. The quantitative estimate of drug-likeness (QED) is 0.798. The Morgan fingerprint density at radius 1 is 1.33 bits per heavy atom. The van der Waals surface area contributed by atoms with E-state index in [4.69, 9.17) is 0 Å². The summed E-state index contributed by atoms with van der Waals surface area (Å²) in [6, 6.07) is 4.78. The number of pyridine rings is 1. The molecule has 0 aromatic carbocycles. The van der Waals surface area contributed by atoms with Gasteiger partial charge >= 0.3 is 0 Å². The first-order valence-corrected chi connectivity index (χ1v) is 5.95. The van der Waals surface area contributed by atoms with Crippen LogP contribution in [0.3, 0.4) is 0 Å². The van der Waals surface area contributed by atoms with Gasteiger partial charge in [0.2, 0.25) is 0 Å². The van der Waals surface area contributed by atoms with Crippen LogP contribution in [0.5, 0.6) is 0 Å². The maximum atomic E-state index is 4.36. The van der Waals surface area contributed by atoms with E-state index in [1.807, 2.05) is 12.3 Å². The zero-order chi connectivity index (χ0) is 10.7. The van der Waals surface area contributed by atoms with Crippen molar-refractivity contribution >= 4 is 5.82 Å². The summed E-state index contributed by atoms with van der Waals surface area (Å²) in [4.78, 5) is 4.36. The van der Waals surface area contributed by atoms with Crippen LogP contribution in [0.4, 0.5) is 5.82 Å². The fraction of sp³-hybridized carbons (Fsp3) is 0.615. The van der Waals surface area contributed by atoms with E-state index in [-0.39, 0.29) is 0 Å². The van der Waals surface area contributed by atoms with Crippen LogP contribution in [0, 0.1) is 12.8 Å². The topological polar surface area (TPSA) is 24.9 Å². The van der Waals surface area contributed by atoms with Crippen molar-refractivity contribution in [2.24, 2.45) is 5.92 Å². The summed E-state index contributed by atoms with van der Waals surface area (Å²) in [5.41, 5.74) is 1.27. The van der Waals surface area contributed by atoms with Crippen molar-refractivity contribution in [2.45, 2.75) is 45.6 Å². The highest BCUT2D eigenvalue weighted by molar-refractivity contribution is 5.38. The first-order valence-electron chi connectivity index (χ1n) is 5.95. The van der Waals surface area contributed by atoms with Gasteiger partial charge in [-0.25, -0.2) is 4.98 Å². The molecule has 2 heteroatoms. The molecule has 2 atom stereocenters. The molecule has 1 fully saturated rings. The fourth-order valence-electron chi connectivity index (χ4n) is 2.34. The van der Waals surface area contributed by atoms with Gasteiger partial charge in [-0.3, -0.25) is 0 Å². The summed E-state index contributed by atoms with van der Waals surface area (Å²) in [6.45, 7) is 4.45. The molecular formula is C13H20N2. The summed E-state index contributed by atoms with van der Waals surface area (Å²) in [5.74, 6) is 1.81. The number of aromatic nitrogens is 1. The normalized spacial score (nSPS) is 26.3. The highest BCUT2D eigenvalue weighted by Crippen LogP contribution is 2.26. The van der Waals surface area contributed by atoms with E-state index in [2.05, 4.69) is 30.2 Å². The van der Waals surface area contributed by atoms with Crippen LogP contribution in [-0.4, -0.2) is 11.0 Å². The van der Waals surface area contributed by atoms with Crippen LogP contribution in [0.1, 0.15) is 38.2 Å². The van der Waals surface area contributed by atoms with E-state index in [0.29, 0.717) is 6.04 Å². The maximum Gasteiger partial charge on any atom is 0.126 e. The predicted octanol–water partition coefficient (Wildman–Crippen LogP) is 3.38. The molecule has 0 bridgehead atoms. The Labute approximate surface area is 92.1 Å². The number of hydrogen-bond donors (Lipinski definition) is 1. The molecule has 0 unspecified atom stereocenters. The maximum absolute atomic E-state index is 4.36. The molecule has 0 radical (unpaired) electrons. The first-order chi connectivity index (χ1) is 7.25. The monoisotopic (exact) mass is 204 g/mol. The number of nitrogens with zero attached hydrogens (tertiary/aromatic N) is 1. The van der Waals surface area contributed by atoms with Crippen LogP contribution in [0.15, 0.2) is 18.3 Å². The Hall–Kier alpha value is -1.05. The van der Waals surface area contributed by atoms with Crippen LogP contribution in [-0.2, 0) is 0 Å². The van der Waals surface area contributed by atoms with Crippen molar-refractivity contribution in [3.63, 3.8) is 0 Å². The van der Waals surface area contributed by atoms with Crippen molar-refractivity contribution < 1.29 is 0 Å². The molecule has 1 aliphatic rings. The van der Waals surface area contributed by atoms with Crippen molar-refractivity contribution in [3.05, 3.63) is 23.9 Å². The predicted molar refractivity (Wildman–Crippen MR) is 64.0 cm³/mol. The lowest BCUT2D eigenvalue weighted by Crippen LogP contribution is -2.30. The Bertz CT molecular complexity index is 322. The third kappa shape index (κ3) is 2.71. The molecule has 0 amide bonds. The van der Waals surface area contributed by atoms with Crippen LogP contribution < -0.4 is 5.32 Å². The SMILES string of the molecule is Cc1ccnc(N[C@H]2CCCC[C@H]2C)c1. The number of nitrogens with one attached hydrogen (secondary N) is 1. The lowest BCUT2D eigenvalue weighted by molar-refractivity contribution is 0.349. The number of anilines is 1. The Kier molecular flexibility index (Phi) is 3.24. The van der Waals surface area contributed by atoms with E-state index in [0.717, 1.165) is 11.7 Å². The van der Waals surface area contributed by atoms with Crippen molar-refractivity contribution in [2.75, 3.05) is 5.32 Å². The Morgan fingerprint density at radius 3 is 2.87 bits per heavy atom. The number of hydrogen-bond acceptors (Lipinski definition) is 2. The smallest absolute Gasteiger partial charge is 0.126 e. The van der Waals surface area contributed by atoms with Gasteiger partial charge in [0.1, 0.15) is 5.82 Å². The average Bonchev–Trinajstić information content (AvgIpc) is 2.22. The lowest BCUT2D eigenvalue weighted by atomic mass is 9.86. The standard InChI is InChI=1S/C13H20N2/c1-10-7-8-14-13(9-10)15-12-6-4-3-5-11(12)2/h7-9,11-12H,3-6H2,1-2H3,(H,14,15)/t11-,12+/m1/s1. The van der Waals surface area contributed by atoms with Gasteiger partial charge in [0.25, 0.3) is 0 Å². The molecule has 0 saturated heterocycles. The summed E-state index contributed by atoms with van der Waals surface area (Å²) >= 11 is 0. The minimum Gasteiger partial charge on any atom is -0.367 e. The van der Waals surface area contributed by atoms with Gasteiger partial charge < -0.3 is 5.32 Å². The molecule has 2 rings (SSSR count). The van der Waals surface area contributed by atoms with Crippen molar-refractivity contribution in [3.8, 4) is 0 Å². The van der Waals surface area contributed by atoms with Gasteiger partial charge in [0, 0.05) is 12.2 Å². The molecule has 1 aromatic heterocycles. The number of aryl methyl sites for hydroxylation is 1. The molecular weight excluding hydrogens is 184 g/mol. The second-order valence-electron chi connectivity index (χ2n) is 4.73.